The fourth-order valence-electron chi connectivity index (χ4n) is 1.79. The molecule has 0 aliphatic heterocycles. The molecule has 1 heterocycles. The van der Waals surface area contributed by atoms with Crippen molar-refractivity contribution in [3.05, 3.63) is 48.0 Å². The normalized spacial score (nSPS) is 12.6. The molecule has 0 fully saturated rings. The number of hydrogen-bond donors (Lipinski definition) is 1. The molecule has 1 atom stereocenters. The minimum Gasteiger partial charge on any atom is -0.303 e. The molecule has 0 aliphatic carbocycles. The van der Waals surface area contributed by atoms with Crippen molar-refractivity contribution in [2.75, 3.05) is 0 Å². The van der Waals surface area contributed by atoms with Crippen LogP contribution in [0.4, 0.5) is 0 Å². The van der Waals surface area contributed by atoms with Crippen LogP contribution in [0.1, 0.15) is 31.3 Å². The molecule has 1 N–H and O–H groups in total. The van der Waals surface area contributed by atoms with Crippen molar-refractivity contribution in [1.29, 1.82) is 0 Å². The first-order valence-corrected chi connectivity index (χ1v) is 5.96. The van der Waals surface area contributed by atoms with Crippen LogP contribution in [0.2, 0.25) is 0 Å². The van der Waals surface area contributed by atoms with Gasteiger partial charge in [-0.3, -0.25) is 0 Å². The third-order valence-electron chi connectivity index (χ3n) is 2.86. The van der Waals surface area contributed by atoms with Gasteiger partial charge in [-0.15, -0.1) is 0 Å². The van der Waals surface area contributed by atoms with E-state index in [1.54, 1.807) is 6.33 Å². The second-order valence-electron chi connectivity index (χ2n) is 4.01. The fourth-order valence-corrected chi connectivity index (χ4v) is 1.79. The molecule has 0 amide bonds. The standard InChI is InChI=1S/C13H18N4/c1-3-17-13(15-10-16-17)9-14-11(2)12-7-5-4-6-8-12/h4-8,10-11,14H,3,9H2,1-2H3/t11-/m1/s1. The van der Waals surface area contributed by atoms with Crippen molar-refractivity contribution < 1.29 is 0 Å². The number of rotatable bonds is 5. The third kappa shape index (κ3) is 2.91. The summed E-state index contributed by atoms with van der Waals surface area (Å²) in [6.45, 7) is 5.82. The Kier molecular flexibility index (Phi) is 3.88. The van der Waals surface area contributed by atoms with E-state index in [1.807, 2.05) is 10.7 Å². The highest BCUT2D eigenvalue weighted by atomic mass is 15.3. The van der Waals surface area contributed by atoms with Crippen LogP contribution >= 0.6 is 0 Å². The van der Waals surface area contributed by atoms with Crippen LogP contribution in [0.25, 0.3) is 0 Å². The van der Waals surface area contributed by atoms with E-state index in [1.165, 1.54) is 5.56 Å². The molecule has 0 saturated carbocycles. The number of hydrogen-bond acceptors (Lipinski definition) is 3. The minimum absolute atomic E-state index is 0.318. The van der Waals surface area contributed by atoms with Gasteiger partial charge in [-0.25, -0.2) is 9.67 Å². The maximum Gasteiger partial charge on any atom is 0.140 e. The monoisotopic (exact) mass is 230 g/mol. The number of nitrogens with zero attached hydrogens (tertiary/aromatic N) is 3. The predicted molar refractivity (Wildman–Crippen MR) is 67.4 cm³/mol. The van der Waals surface area contributed by atoms with Crippen molar-refractivity contribution in [3.8, 4) is 0 Å². The highest BCUT2D eigenvalue weighted by Gasteiger charge is 2.06. The van der Waals surface area contributed by atoms with E-state index in [0.717, 1.165) is 18.9 Å². The van der Waals surface area contributed by atoms with Crippen LogP contribution in [-0.2, 0) is 13.1 Å². The van der Waals surface area contributed by atoms with Gasteiger partial charge in [0.2, 0.25) is 0 Å². The van der Waals surface area contributed by atoms with E-state index >= 15 is 0 Å². The maximum absolute atomic E-state index is 4.24. The summed E-state index contributed by atoms with van der Waals surface area (Å²) in [6.07, 6.45) is 1.60. The zero-order chi connectivity index (χ0) is 12.1. The SMILES string of the molecule is CCn1ncnc1CN[C@H](C)c1ccccc1. The third-order valence-corrected chi connectivity index (χ3v) is 2.86. The minimum atomic E-state index is 0.318. The van der Waals surface area contributed by atoms with Crippen molar-refractivity contribution in [2.45, 2.75) is 33.0 Å². The Morgan fingerprint density at radius 1 is 1.29 bits per heavy atom. The van der Waals surface area contributed by atoms with Gasteiger partial charge in [-0.05, 0) is 19.4 Å². The summed E-state index contributed by atoms with van der Waals surface area (Å²) in [5.74, 6) is 0.982. The van der Waals surface area contributed by atoms with E-state index < -0.39 is 0 Å². The summed E-state index contributed by atoms with van der Waals surface area (Å²) in [5, 5.41) is 7.60. The topological polar surface area (TPSA) is 42.7 Å². The molecule has 90 valence electrons. The molecular weight excluding hydrogens is 212 g/mol. The van der Waals surface area contributed by atoms with Crippen LogP contribution in [0.5, 0.6) is 0 Å². The molecule has 0 radical (unpaired) electrons. The fraction of sp³-hybridized carbons (Fsp3) is 0.385. The van der Waals surface area contributed by atoms with E-state index in [4.69, 9.17) is 0 Å². The molecule has 4 heteroatoms. The smallest absolute Gasteiger partial charge is 0.140 e. The van der Waals surface area contributed by atoms with Crippen LogP contribution in [-0.4, -0.2) is 14.8 Å². The summed E-state index contributed by atoms with van der Waals surface area (Å²) >= 11 is 0. The molecule has 1 aromatic heterocycles. The molecule has 0 bridgehead atoms. The second-order valence-corrected chi connectivity index (χ2v) is 4.01. The van der Waals surface area contributed by atoms with Gasteiger partial charge in [0.15, 0.2) is 0 Å². The maximum atomic E-state index is 4.24. The van der Waals surface area contributed by atoms with Crippen molar-refractivity contribution in [1.82, 2.24) is 20.1 Å². The van der Waals surface area contributed by atoms with Gasteiger partial charge in [0.1, 0.15) is 12.2 Å². The first-order valence-electron chi connectivity index (χ1n) is 5.96. The van der Waals surface area contributed by atoms with Crippen LogP contribution in [0, 0.1) is 0 Å². The molecule has 0 aliphatic rings. The molecule has 17 heavy (non-hydrogen) atoms. The molecule has 0 saturated heterocycles. The number of aromatic nitrogens is 3. The Labute approximate surface area is 102 Å². The molecule has 1 aromatic carbocycles. The molecule has 4 nitrogen and oxygen atoms in total. The lowest BCUT2D eigenvalue weighted by Crippen LogP contribution is -2.20. The van der Waals surface area contributed by atoms with Gasteiger partial charge < -0.3 is 5.32 Å². The Morgan fingerprint density at radius 3 is 2.76 bits per heavy atom. The lowest BCUT2D eigenvalue weighted by molar-refractivity contribution is 0.523. The van der Waals surface area contributed by atoms with Crippen LogP contribution in [0.15, 0.2) is 36.7 Å². The number of benzene rings is 1. The zero-order valence-corrected chi connectivity index (χ0v) is 10.3. The van der Waals surface area contributed by atoms with Crippen LogP contribution < -0.4 is 5.32 Å². The van der Waals surface area contributed by atoms with E-state index in [9.17, 15) is 0 Å². The van der Waals surface area contributed by atoms with E-state index in [-0.39, 0.29) is 0 Å². The Bertz CT molecular complexity index is 449. The van der Waals surface area contributed by atoms with Crippen LogP contribution in [0.3, 0.4) is 0 Å². The second kappa shape index (κ2) is 5.59. The van der Waals surface area contributed by atoms with Crippen molar-refractivity contribution in [3.63, 3.8) is 0 Å². The predicted octanol–water partition coefficient (Wildman–Crippen LogP) is 2.15. The van der Waals surface area contributed by atoms with Crippen molar-refractivity contribution >= 4 is 0 Å². The zero-order valence-electron chi connectivity index (χ0n) is 10.3. The van der Waals surface area contributed by atoms with Crippen molar-refractivity contribution in [2.24, 2.45) is 0 Å². The summed E-state index contributed by atoms with van der Waals surface area (Å²) in [6, 6.07) is 10.7. The Balaban J connectivity index is 1.95. The first kappa shape index (κ1) is 11.8. The summed E-state index contributed by atoms with van der Waals surface area (Å²) in [7, 11) is 0. The summed E-state index contributed by atoms with van der Waals surface area (Å²) in [4.78, 5) is 4.24. The van der Waals surface area contributed by atoms with E-state index in [0.29, 0.717) is 6.04 Å². The largest absolute Gasteiger partial charge is 0.303 e. The molecule has 0 unspecified atom stereocenters. The average molecular weight is 230 g/mol. The lowest BCUT2D eigenvalue weighted by atomic mass is 10.1. The quantitative estimate of drug-likeness (QED) is 0.855. The Hall–Kier alpha value is -1.68. The van der Waals surface area contributed by atoms with Gasteiger partial charge in [0, 0.05) is 12.6 Å². The van der Waals surface area contributed by atoms with Gasteiger partial charge in [-0.1, -0.05) is 30.3 Å². The highest BCUT2D eigenvalue weighted by molar-refractivity contribution is 5.18. The molecular formula is C13H18N4. The Morgan fingerprint density at radius 2 is 2.06 bits per heavy atom. The summed E-state index contributed by atoms with van der Waals surface area (Å²) in [5.41, 5.74) is 1.29. The van der Waals surface area contributed by atoms with Gasteiger partial charge in [0.25, 0.3) is 0 Å². The number of nitrogens with one attached hydrogen (secondary N) is 1. The molecule has 2 rings (SSSR count). The van der Waals surface area contributed by atoms with Gasteiger partial charge >= 0.3 is 0 Å². The van der Waals surface area contributed by atoms with Gasteiger partial charge in [0.05, 0.1) is 6.54 Å². The number of aryl methyl sites for hydroxylation is 1. The van der Waals surface area contributed by atoms with E-state index in [2.05, 4.69) is 53.5 Å². The molecule has 2 aromatic rings. The average Bonchev–Trinajstić information content (AvgIpc) is 2.84. The summed E-state index contributed by atoms with van der Waals surface area (Å²) < 4.78 is 1.91. The first-order chi connectivity index (χ1) is 8.31. The molecule has 0 spiro atoms. The highest BCUT2D eigenvalue weighted by Crippen LogP contribution is 2.11. The van der Waals surface area contributed by atoms with Gasteiger partial charge in [-0.2, -0.15) is 5.10 Å². The lowest BCUT2D eigenvalue weighted by Gasteiger charge is -2.13.